The summed E-state index contributed by atoms with van der Waals surface area (Å²) in [5.74, 6) is 2.14. The number of pyridine rings is 1. The van der Waals surface area contributed by atoms with Crippen LogP contribution >= 0.6 is 0 Å². The smallest absolute Gasteiger partial charge is 0.145 e. The third kappa shape index (κ3) is 4.93. The molecule has 1 N–H and O–H groups in total. The molecular formula is C28H31N5O. The Morgan fingerprint density at radius 2 is 1.79 bits per heavy atom. The first-order valence-electron chi connectivity index (χ1n) is 12.0. The van der Waals surface area contributed by atoms with Gasteiger partial charge in [-0.15, -0.1) is 0 Å². The zero-order valence-corrected chi connectivity index (χ0v) is 20.1. The first-order valence-corrected chi connectivity index (χ1v) is 12.0. The Labute approximate surface area is 201 Å². The number of morpholine rings is 1. The minimum Gasteiger partial charge on any atom is -0.379 e. The summed E-state index contributed by atoms with van der Waals surface area (Å²) in [6.07, 6.45) is 1.84. The monoisotopic (exact) mass is 453 g/mol. The first-order chi connectivity index (χ1) is 16.6. The summed E-state index contributed by atoms with van der Waals surface area (Å²) >= 11 is 0. The number of aromatic nitrogens is 3. The molecule has 6 heteroatoms. The highest BCUT2D eigenvalue weighted by molar-refractivity contribution is 5.93. The van der Waals surface area contributed by atoms with Crippen molar-refractivity contribution >= 4 is 22.4 Å². The Balaban J connectivity index is 1.54. The normalized spacial score (nSPS) is 14.6. The Morgan fingerprint density at radius 3 is 2.53 bits per heavy atom. The van der Waals surface area contributed by atoms with E-state index in [-0.39, 0.29) is 0 Å². The van der Waals surface area contributed by atoms with Crippen LogP contribution in [0.5, 0.6) is 0 Å². The highest BCUT2D eigenvalue weighted by Crippen LogP contribution is 2.30. The lowest BCUT2D eigenvalue weighted by molar-refractivity contribution is 0.0331. The van der Waals surface area contributed by atoms with Gasteiger partial charge < -0.3 is 10.1 Å². The molecule has 0 amide bonds. The topological polar surface area (TPSA) is 63.2 Å². The van der Waals surface area contributed by atoms with Crippen LogP contribution in [0.1, 0.15) is 36.7 Å². The zero-order valence-electron chi connectivity index (χ0n) is 20.1. The highest BCUT2D eigenvalue weighted by atomic mass is 16.5. The quantitative estimate of drug-likeness (QED) is 0.404. The van der Waals surface area contributed by atoms with Crippen LogP contribution in [-0.2, 0) is 11.3 Å². The summed E-state index contributed by atoms with van der Waals surface area (Å²) in [7, 11) is 0. The molecular weight excluding hydrogens is 422 g/mol. The van der Waals surface area contributed by atoms with Crippen LogP contribution in [0.2, 0.25) is 0 Å². The van der Waals surface area contributed by atoms with Gasteiger partial charge >= 0.3 is 0 Å². The average molecular weight is 454 g/mol. The van der Waals surface area contributed by atoms with E-state index in [9.17, 15) is 0 Å². The molecule has 0 saturated carbocycles. The van der Waals surface area contributed by atoms with E-state index in [0.29, 0.717) is 12.5 Å². The summed E-state index contributed by atoms with van der Waals surface area (Å²) in [4.78, 5) is 16.9. The molecule has 1 aliphatic heterocycles. The fraction of sp³-hybridized carbons (Fsp3) is 0.321. The SMILES string of the molecule is Cc1cccnc1-c1ccc2c(Nc3ccc(C(C)C)cc3)nc(CN3CCOCC3)nc2c1. The van der Waals surface area contributed by atoms with Crippen LogP contribution in [0.3, 0.4) is 0 Å². The number of benzene rings is 2. The van der Waals surface area contributed by atoms with Gasteiger partial charge in [-0.25, -0.2) is 9.97 Å². The van der Waals surface area contributed by atoms with Crippen LogP contribution in [0.4, 0.5) is 11.5 Å². The summed E-state index contributed by atoms with van der Waals surface area (Å²) in [6, 6.07) is 19.0. The Morgan fingerprint density at radius 1 is 1.00 bits per heavy atom. The number of aryl methyl sites for hydroxylation is 1. The second-order valence-electron chi connectivity index (χ2n) is 9.18. The van der Waals surface area contributed by atoms with Gasteiger partial charge in [-0.3, -0.25) is 9.88 Å². The second kappa shape index (κ2) is 9.87. The number of anilines is 2. The fourth-order valence-corrected chi connectivity index (χ4v) is 4.33. The van der Waals surface area contributed by atoms with Crippen molar-refractivity contribution in [2.45, 2.75) is 33.2 Å². The number of nitrogens with one attached hydrogen (secondary N) is 1. The second-order valence-corrected chi connectivity index (χ2v) is 9.18. The fourth-order valence-electron chi connectivity index (χ4n) is 4.33. The van der Waals surface area contributed by atoms with Crippen LogP contribution in [-0.4, -0.2) is 46.2 Å². The third-order valence-electron chi connectivity index (χ3n) is 6.33. The maximum Gasteiger partial charge on any atom is 0.145 e. The van der Waals surface area contributed by atoms with Crippen LogP contribution in [0.25, 0.3) is 22.2 Å². The molecule has 174 valence electrons. The number of hydrogen-bond donors (Lipinski definition) is 1. The largest absolute Gasteiger partial charge is 0.379 e. The van der Waals surface area contributed by atoms with Crippen molar-refractivity contribution in [1.82, 2.24) is 19.9 Å². The molecule has 0 spiro atoms. The van der Waals surface area contributed by atoms with Gasteiger partial charge in [0.15, 0.2) is 0 Å². The molecule has 0 bridgehead atoms. The third-order valence-corrected chi connectivity index (χ3v) is 6.33. The summed E-state index contributed by atoms with van der Waals surface area (Å²) < 4.78 is 5.51. The van der Waals surface area contributed by atoms with E-state index < -0.39 is 0 Å². The molecule has 5 rings (SSSR count). The molecule has 6 nitrogen and oxygen atoms in total. The van der Waals surface area contributed by atoms with E-state index in [1.807, 2.05) is 12.3 Å². The molecule has 34 heavy (non-hydrogen) atoms. The van der Waals surface area contributed by atoms with E-state index in [0.717, 1.165) is 71.4 Å². The van der Waals surface area contributed by atoms with Crippen LogP contribution in [0.15, 0.2) is 60.8 Å². The molecule has 0 unspecified atom stereocenters. The maximum absolute atomic E-state index is 5.51. The summed E-state index contributed by atoms with van der Waals surface area (Å²) in [5, 5.41) is 4.55. The average Bonchev–Trinajstić information content (AvgIpc) is 2.85. The number of hydrogen-bond acceptors (Lipinski definition) is 6. The summed E-state index contributed by atoms with van der Waals surface area (Å²) in [6.45, 7) is 10.5. The van der Waals surface area contributed by atoms with Gasteiger partial charge in [-0.2, -0.15) is 0 Å². The molecule has 1 fully saturated rings. The van der Waals surface area contributed by atoms with Crippen LogP contribution < -0.4 is 5.32 Å². The molecule has 0 radical (unpaired) electrons. The number of rotatable bonds is 6. The van der Waals surface area contributed by atoms with Crippen molar-refractivity contribution in [1.29, 1.82) is 0 Å². The van der Waals surface area contributed by atoms with E-state index in [1.54, 1.807) is 0 Å². The molecule has 1 saturated heterocycles. The van der Waals surface area contributed by atoms with E-state index in [2.05, 4.69) is 84.5 Å². The Kier molecular flexibility index (Phi) is 6.52. The van der Waals surface area contributed by atoms with Crippen LogP contribution in [0, 0.1) is 6.92 Å². The van der Waals surface area contributed by atoms with Crippen molar-refractivity contribution in [3.05, 3.63) is 77.7 Å². The predicted molar refractivity (Wildman–Crippen MR) is 137 cm³/mol. The lowest BCUT2D eigenvalue weighted by atomic mass is 10.0. The minimum absolute atomic E-state index is 0.502. The predicted octanol–water partition coefficient (Wildman–Crippen LogP) is 5.70. The maximum atomic E-state index is 5.51. The molecule has 0 atom stereocenters. The minimum atomic E-state index is 0.502. The van der Waals surface area contributed by atoms with Gasteiger partial charge in [0.1, 0.15) is 11.6 Å². The van der Waals surface area contributed by atoms with Crippen molar-refractivity contribution in [2.24, 2.45) is 0 Å². The van der Waals surface area contributed by atoms with E-state index in [4.69, 9.17) is 14.7 Å². The van der Waals surface area contributed by atoms with Gasteiger partial charge in [-0.1, -0.05) is 38.1 Å². The standard InChI is InChI=1S/C28H31N5O/c1-19(2)21-6-9-23(10-7-21)30-28-24-11-8-22(27-20(3)5-4-12-29-27)17-25(24)31-26(32-28)18-33-13-15-34-16-14-33/h4-12,17,19H,13-16,18H2,1-3H3,(H,30,31,32). The van der Waals surface area contributed by atoms with Gasteiger partial charge in [0.05, 0.1) is 31.0 Å². The van der Waals surface area contributed by atoms with Gasteiger partial charge in [0, 0.05) is 35.9 Å². The van der Waals surface area contributed by atoms with Gasteiger partial charge in [0.25, 0.3) is 0 Å². The number of ether oxygens (including phenoxy) is 1. The van der Waals surface area contributed by atoms with E-state index >= 15 is 0 Å². The van der Waals surface area contributed by atoms with Crippen molar-refractivity contribution < 1.29 is 4.74 Å². The van der Waals surface area contributed by atoms with Gasteiger partial charge in [-0.05, 0) is 54.3 Å². The zero-order chi connectivity index (χ0) is 23.5. The van der Waals surface area contributed by atoms with Crippen molar-refractivity contribution in [3.8, 4) is 11.3 Å². The van der Waals surface area contributed by atoms with Crippen molar-refractivity contribution in [3.63, 3.8) is 0 Å². The lowest BCUT2D eigenvalue weighted by Gasteiger charge is -2.26. The number of nitrogens with zero attached hydrogens (tertiary/aromatic N) is 4. The number of fused-ring (bicyclic) bond motifs is 1. The van der Waals surface area contributed by atoms with Gasteiger partial charge in [0.2, 0.25) is 0 Å². The van der Waals surface area contributed by atoms with Crippen molar-refractivity contribution in [2.75, 3.05) is 31.6 Å². The summed E-state index contributed by atoms with van der Waals surface area (Å²) in [5.41, 5.74) is 6.45. The highest BCUT2D eigenvalue weighted by Gasteiger charge is 2.16. The van der Waals surface area contributed by atoms with E-state index in [1.165, 1.54) is 5.56 Å². The Bertz CT molecular complexity index is 1280. The molecule has 0 aliphatic carbocycles. The molecule has 2 aromatic carbocycles. The molecule has 4 aromatic rings. The lowest BCUT2D eigenvalue weighted by Crippen LogP contribution is -2.36. The Hall–Kier alpha value is -3.35. The first kappa shape index (κ1) is 22.4. The molecule has 1 aliphatic rings. The molecule has 3 heterocycles. The molecule has 2 aromatic heterocycles.